The molecule has 282 valence electrons. The van der Waals surface area contributed by atoms with Crippen molar-refractivity contribution in [1.29, 1.82) is 0 Å². The number of rotatable bonds is 5. The molecule has 7 aromatic carbocycles. The molecule has 0 heterocycles. The van der Waals surface area contributed by atoms with Crippen molar-refractivity contribution in [3.05, 3.63) is 254 Å². The molecule has 1 heteroatoms. The van der Waals surface area contributed by atoms with Gasteiger partial charge in [0.05, 0.1) is 10.8 Å². The molecular formula is C58H45N. The molecule has 0 fully saturated rings. The molecule has 0 saturated carbocycles. The molecule has 0 bridgehead atoms. The van der Waals surface area contributed by atoms with Crippen molar-refractivity contribution in [2.24, 2.45) is 0 Å². The van der Waals surface area contributed by atoms with E-state index in [9.17, 15) is 0 Å². The zero-order valence-corrected chi connectivity index (χ0v) is 33.6. The molecule has 1 unspecified atom stereocenters. The number of hydrogen-bond donors (Lipinski definition) is 1. The van der Waals surface area contributed by atoms with E-state index < -0.39 is 5.41 Å². The third-order valence-corrected chi connectivity index (χ3v) is 14.4. The van der Waals surface area contributed by atoms with E-state index >= 15 is 0 Å². The Bertz CT molecular complexity index is 2990. The first-order chi connectivity index (χ1) is 29.1. The van der Waals surface area contributed by atoms with E-state index in [0.717, 1.165) is 37.1 Å². The van der Waals surface area contributed by atoms with Gasteiger partial charge in [-0.1, -0.05) is 169 Å². The summed E-state index contributed by atoms with van der Waals surface area (Å²) in [6.07, 6.45) is 9.18. The Morgan fingerprint density at radius 2 is 1.07 bits per heavy atom. The normalized spacial score (nSPS) is 19.0. The molecule has 0 aromatic heterocycles. The Hall–Kier alpha value is -6.70. The summed E-state index contributed by atoms with van der Waals surface area (Å²) < 4.78 is 0. The van der Waals surface area contributed by atoms with Crippen molar-refractivity contribution >= 4 is 16.9 Å². The van der Waals surface area contributed by atoms with Crippen LogP contribution in [0.4, 0.5) is 11.4 Å². The molecule has 1 nitrogen and oxygen atoms in total. The fourth-order valence-corrected chi connectivity index (χ4v) is 12.1. The van der Waals surface area contributed by atoms with Crippen molar-refractivity contribution in [3.8, 4) is 22.3 Å². The van der Waals surface area contributed by atoms with Crippen molar-refractivity contribution in [3.63, 3.8) is 0 Å². The summed E-state index contributed by atoms with van der Waals surface area (Å²) in [5.74, 6) is 0. The van der Waals surface area contributed by atoms with Crippen molar-refractivity contribution < 1.29 is 0 Å². The minimum absolute atomic E-state index is 0.344. The van der Waals surface area contributed by atoms with E-state index in [1.54, 1.807) is 5.57 Å². The maximum absolute atomic E-state index is 4.07. The number of allylic oxidation sites excluding steroid dienone is 8. The first-order valence-corrected chi connectivity index (χ1v) is 21.4. The number of fused-ring (bicyclic) bond motifs is 12. The average molecular weight is 756 g/mol. The van der Waals surface area contributed by atoms with Gasteiger partial charge in [-0.05, 0) is 147 Å². The minimum atomic E-state index is -0.453. The second kappa shape index (κ2) is 12.9. The standard InChI is InChI=1S/C58H45N/c1-37-18-9-10-23-42(37)43-34-35-52-55(38(43)2)46-25-12-15-28-49(46)58(52)50-29-16-13-26-47(50)56-51(58)30-17-31-54(56)59-41-32-33-45-44-24-11-14-27-48(44)57(53(45)36-41,39-19-5-3-6-20-39)40-21-7-4-8-22-40/h3-8,10-17,19-33,36,59H,9,18,34-35H2,1-2H3. The third-order valence-electron chi connectivity index (χ3n) is 14.4. The van der Waals surface area contributed by atoms with E-state index in [0.29, 0.717) is 0 Å². The smallest absolute Gasteiger partial charge is 0.0714 e. The molecule has 12 rings (SSSR count). The molecule has 5 aliphatic rings. The van der Waals surface area contributed by atoms with Crippen LogP contribution in [0.1, 0.15) is 84.0 Å². The minimum Gasteiger partial charge on any atom is -0.355 e. The lowest BCUT2D eigenvalue weighted by Gasteiger charge is -2.35. The Morgan fingerprint density at radius 1 is 0.475 bits per heavy atom. The Labute approximate surface area is 347 Å². The zero-order chi connectivity index (χ0) is 39.3. The van der Waals surface area contributed by atoms with E-state index in [1.165, 1.54) is 94.6 Å². The highest BCUT2D eigenvalue weighted by molar-refractivity contribution is 6.02. The third kappa shape index (κ3) is 4.56. The molecule has 0 saturated heterocycles. The van der Waals surface area contributed by atoms with Gasteiger partial charge in [-0.15, -0.1) is 0 Å². The summed E-state index contributed by atoms with van der Waals surface area (Å²) in [6, 6.07) is 63.8. The SMILES string of the molecule is CC1=C(C2=C(C)C3=C(CC2)C2(c4ccccc43)c3ccccc3-c3c(Nc4ccc5c(c4)C(c4ccccc4)(c4ccccc4)c4ccccc4-5)cccc32)C=CCC1. The molecule has 59 heavy (non-hydrogen) atoms. The molecule has 0 radical (unpaired) electrons. The lowest BCUT2D eigenvalue weighted by Crippen LogP contribution is -2.28. The first kappa shape index (κ1) is 34.4. The molecule has 1 atom stereocenters. The summed E-state index contributed by atoms with van der Waals surface area (Å²) in [4.78, 5) is 0. The van der Waals surface area contributed by atoms with Gasteiger partial charge in [0, 0.05) is 16.9 Å². The van der Waals surface area contributed by atoms with Crippen LogP contribution in [0.25, 0.3) is 27.8 Å². The van der Waals surface area contributed by atoms with Crippen molar-refractivity contribution in [2.45, 2.75) is 50.4 Å². The van der Waals surface area contributed by atoms with Crippen LogP contribution in [-0.4, -0.2) is 0 Å². The summed E-state index contributed by atoms with van der Waals surface area (Å²) in [7, 11) is 0. The summed E-state index contributed by atoms with van der Waals surface area (Å²) in [6.45, 7) is 4.74. The van der Waals surface area contributed by atoms with E-state index in [2.05, 4.69) is 201 Å². The van der Waals surface area contributed by atoms with Gasteiger partial charge in [0.2, 0.25) is 0 Å². The van der Waals surface area contributed by atoms with Gasteiger partial charge < -0.3 is 5.32 Å². The molecule has 7 aromatic rings. The van der Waals surface area contributed by atoms with E-state index in [-0.39, 0.29) is 5.41 Å². The van der Waals surface area contributed by atoms with Gasteiger partial charge in [-0.2, -0.15) is 0 Å². The number of hydrogen-bond acceptors (Lipinski definition) is 1. The highest BCUT2D eigenvalue weighted by atomic mass is 14.9. The monoisotopic (exact) mass is 755 g/mol. The predicted molar refractivity (Wildman–Crippen MR) is 245 cm³/mol. The number of anilines is 2. The quantitative estimate of drug-likeness (QED) is 0.184. The largest absolute Gasteiger partial charge is 0.355 e. The van der Waals surface area contributed by atoms with Gasteiger partial charge in [0.1, 0.15) is 0 Å². The van der Waals surface area contributed by atoms with E-state index in [1.807, 2.05) is 0 Å². The fourth-order valence-electron chi connectivity index (χ4n) is 12.1. The van der Waals surface area contributed by atoms with Crippen LogP contribution in [0.5, 0.6) is 0 Å². The van der Waals surface area contributed by atoms with Crippen LogP contribution in [0.3, 0.4) is 0 Å². The van der Waals surface area contributed by atoms with Crippen LogP contribution in [0.2, 0.25) is 0 Å². The van der Waals surface area contributed by atoms with Gasteiger partial charge in [0.25, 0.3) is 0 Å². The van der Waals surface area contributed by atoms with Crippen LogP contribution in [0.15, 0.2) is 210 Å². The Kier molecular flexibility index (Phi) is 7.51. The van der Waals surface area contributed by atoms with Crippen molar-refractivity contribution in [1.82, 2.24) is 0 Å². The topological polar surface area (TPSA) is 12.0 Å². The maximum atomic E-state index is 4.07. The van der Waals surface area contributed by atoms with Gasteiger partial charge in [0.15, 0.2) is 0 Å². The van der Waals surface area contributed by atoms with Gasteiger partial charge in [-0.25, -0.2) is 0 Å². The summed E-state index contributed by atoms with van der Waals surface area (Å²) >= 11 is 0. The Morgan fingerprint density at radius 3 is 1.78 bits per heavy atom. The predicted octanol–water partition coefficient (Wildman–Crippen LogP) is 14.7. The van der Waals surface area contributed by atoms with Crippen LogP contribution >= 0.6 is 0 Å². The van der Waals surface area contributed by atoms with E-state index in [4.69, 9.17) is 0 Å². The highest BCUT2D eigenvalue weighted by Crippen LogP contribution is 2.66. The fraction of sp³-hybridized carbons (Fsp3) is 0.138. The summed E-state index contributed by atoms with van der Waals surface area (Å²) in [5, 5.41) is 4.07. The van der Waals surface area contributed by atoms with Gasteiger partial charge >= 0.3 is 0 Å². The summed E-state index contributed by atoms with van der Waals surface area (Å²) in [5.41, 5.74) is 26.5. The number of benzene rings is 7. The van der Waals surface area contributed by atoms with Crippen LogP contribution in [0, 0.1) is 0 Å². The molecule has 0 amide bonds. The lowest BCUT2D eigenvalue weighted by atomic mass is 9.67. The molecule has 1 spiro atoms. The first-order valence-electron chi connectivity index (χ1n) is 21.4. The van der Waals surface area contributed by atoms with Crippen molar-refractivity contribution in [2.75, 3.05) is 5.32 Å². The second-order valence-electron chi connectivity index (χ2n) is 17.1. The lowest BCUT2D eigenvalue weighted by molar-refractivity contribution is 0.704. The van der Waals surface area contributed by atoms with Crippen LogP contribution < -0.4 is 5.32 Å². The second-order valence-corrected chi connectivity index (χ2v) is 17.1. The average Bonchev–Trinajstić information content (AvgIpc) is 3.88. The van der Waals surface area contributed by atoms with Gasteiger partial charge in [-0.3, -0.25) is 0 Å². The molecular weight excluding hydrogens is 711 g/mol. The highest BCUT2D eigenvalue weighted by Gasteiger charge is 2.54. The molecule has 1 N–H and O–H groups in total. The van der Waals surface area contributed by atoms with Crippen LogP contribution in [-0.2, 0) is 10.8 Å². The number of nitrogens with one attached hydrogen (secondary N) is 1. The maximum Gasteiger partial charge on any atom is 0.0714 e. The zero-order valence-electron chi connectivity index (χ0n) is 33.6. The Balaban J connectivity index is 1.05. The molecule has 5 aliphatic carbocycles. The molecule has 0 aliphatic heterocycles.